The highest BCUT2D eigenvalue weighted by Crippen LogP contribution is 2.20. The van der Waals surface area contributed by atoms with Crippen LogP contribution in [0, 0.1) is 6.92 Å². The highest BCUT2D eigenvalue weighted by Gasteiger charge is 2.15. The van der Waals surface area contributed by atoms with E-state index >= 15 is 0 Å². The Hall–Kier alpha value is -1.94. The molecule has 0 aliphatic rings. The van der Waals surface area contributed by atoms with E-state index in [0.717, 1.165) is 17.7 Å². The number of carbonyl (C=O) groups is 1. The summed E-state index contributed by atoms with van der Waals surface area (Å²) in [6.45, 7) is 8.19. The molecule has 0 saturated heterocycles. The minimum absolute atomic E-state index is 0.381. The van der Waals surface area contributed by atoms with E-state index in [1.54, 1.807) is 0 Å². The molecular formula is C21H27NO2S. The number of nitrogens with one attached hydrogen (secondary N) is 1. The third-order valence-corrected chi connectivity index (χ3v) is 4.64. The van der Waals surface area contributed by atoms with Gasteiger partial charge in [-0.1, -0.05) is 36.4 Å². The molecule has 4 heteroatoms. The number of benzene rings is 2. The van der Waals surface area contributed by atoms with Crippen molar-refractivity contribution in [3.63, 3.8) is 0 Å². The molecule has 0 spiro atoms. The van der Waals surface area contributed by atoms with Crippen molar-refractivity contribution in [1.29, 1.82) is 0 Å². The molecule has 0 radical (unpaired) electrons. The van der Waals surface area contributed by atoms with E-state index in [1.807, 2.05) is 38.6 Å². The van der Waals surface area contributed by atoms with Crippen LogP contribution in [-0.4, -0.2) is 17.4 Å². The molecule has 2 aromatic rings. The van der Waals surface area contributed by atoms with Crippen molar-refractivity contribution < 1.29 is 9.53 Å². The van der Waals surface area contributed by atoms with Crippen molar-refractivity contribution in [3.05, 3.63) is 65.2 Å². The van der Waals surface area contributed by atoms with E-state index in [2.05, 4.69) is 54.7 Å². The monoisotopic (exact) mass is 357 g/mol. The first-order valence-corrected chi connectivity index (χ1v) is 9.55. The van der Waals surface area contributed by atoms with E-state index in [9.17, 15) is 4.79 Å². The molecule has 25 heavy (non-hydrogen) atoms. The summed E-state index contributed by atoms with van der Waals surface area (Å²) >= 11 is 1.87. The predicted molar refractivity (Wildman–Crippen MR) is 105 cm³/mol. The van der Waals surface area contributed by atoms with Gasteiger partial charge in [-0.25, -0.2) is 4.79 Å². The van der Waals surface area contributed by atoms with Gasteiger partial charge in [-0.3, -0.25) is 0 Å². The van der Waals surface area contributed by atoms with Gasteiger partial charge in [0.2, 0.25) is 0 Å². The summed E-state index contributed by atoms with van der Waals surface area (Å²) in [5, 5.41) is 2.80. The molecule has 0 aliphatic carbocycles. The second kappa shape index (κ2) is 8.95. The summed E-state index contributed by atoms with van der Waals surface area (Å²) in [7, 11) is 0. The molecule has 1 amide bonds. The standard InChI is InChI=1S/C21H27NO2S/c1-16-14-17(15-22-20(23)24-21(2,3)4)10-11-18(16)12-13-25-19-8-6-5-7-9-19/h5-11,14H,12-13,15H2,1-4H3,(H,22,23). The molecule has 0 heterocycles. The van der Waals surface area contributed by atoms with Gasteiger partial charge >= 0.3 is 6.09 Å². The maximum absolute atomic E-state index is 11.7. The third kappa shape index (κ3) is 7.22. The number of rotatable bonds is 6. The Kier molecular flexibility index (Phi) is 6.94. The Morgan fingerprint density at radius 3 is 2.48 bits per heavy atom. The average Bonchev–Trinajstić information content (AvgIpc) is 2.54. The normalized spacial score (nSPS) is 11.2. The van der Waals surface area contributed by atoms with Crippen LogP contribution in [0.5, 0.6) is 0 Å². The van der Waals surface area contributed by atoms with Gasteiger partial charge < -0.3 is 10.1 Å². The number of alkyl carbamates (subject to hydrolysis) is 1. The SMILES string of the molecule is Cc1cc(CNC(=O)OC(C)(C)C)ccc1CCSc1ccccc1. The van der Waals surface area contributed by atoms with Crippen LogP contribution < -0.4 is 5.32 Å². The first-order valence-electron chi connectivity index (χ1n) is 8.56. The number of amides is 1. The summed E-state index contributed by atoms with van der Waals surface area (Å²) in [6, 6.07) is 16.8. The summed E-state index contributed by atoms with van der Waals surface area (Å²) in [4.78, 5) is 13.0. The van der Waals surface area contributed by atoms with Crippen LogP contribution in [0.3, 0.4) is 0 Å². The Morgan fingerprint density at radius 1 is 1.12 bits per heavy atom. The molecule has 2 aromatic carbocycles. The molecule has 0 aliphatic heterocycles. The van der Waals surface area contributed by atoms with Gasteiger partial charge in [-0.2, -0.15) is 0 Å². The smallest absolute Gasteiger partial charge is 0.407 e. The van der Waals surface area contributed by atoms with Crippen molar-refractivity contribution in [2.75, 3.05) is 5.75 Å². The lowest BCUT2D eigenvalue weighted by Crippen LogP contribution is -2.32. The fourth-order valence-electron chi connectivity index (χ4n) is 2.43. The summed E-state index contributed by atoms with van der Waals surface area (Å²) in [5.41, 5.74) is 3.23. The zero-order chi connectivity index (χ0) is 18.3. The fourth-order valence-corrected chi connectivity index (χ4v) is 3.34. The number of hydrogen-bond acceptors (Lipinski definition) is 3. The first kappa shape index (κ1) is 19.4. The molecule has 0 saturated carbocycles. The van der Waals surface area contributed by atoms with Crippen molar-refractivity contribution in [2.24, 2.45) is 0 Å². The van der Waals surface area contributed by atoms with Gasteiger partial charge in [0.25, 0.3) is 0 Å². The lowest BCUT2D eigenvalue weighted by Gasteiger charge is -2.19. The van der Waals surface area contributed by atoms with E-state index in [1.165, 1.54) is 16.0 Å². The topological polar surface area (TPSA) is 38.3 Å². The highest BCUT2D eigenvalue weighted by atomic mass is 32.2. The first-order chi connectivity index (χ1) is 11.8. The Bertz CT molecular complexity index is 693. The van der Waals surface area contributed by atoms with Crippen LogP contribution in [0.1, 0.15) is 37.5 Å². The molecule has 134 valence electrons. The van der Waals surface area contributed by atoms with Gasteiger partial charge in [-0.15, -0.1) is 11.8 Å². The van der Waals surface area contributed by atoms with Crippen LogP contribution in [0.2, 0.25) is 0 Å². The van der Waals surface area contributed by atoms with Crippen LogP contribution in [-0.2, 0) is 17.7 Å². The van der Waals surface area contributed by atoms with Gasteiger partial charge in [0.05, 0.1) is 0 Å². The van der Waals surface area contributed by atoms with Gasteiger partial charge in [0.15, 0.2) is 0 Å². The minimum atomic E-state index is -0.472. The highest BCUT2D eigenvalue weighted by molar-refractivity contribution is 7.99. The maximum Gasteiger partial charge on any atom is 0.407 e. The molecule has 0 aromatic heterocycles. The number of hydrogen-bond donors (Lipinski definition) is 1. The molecule has 0 fully saturated rings. The van der Waals surface area contributed by atoms with E-state index in [0.29, 0.717) is 6.54 Å². The van der Waals surface area contributed by atoms with Crippen molar-refractivity contribution in [1.82, 2.24) is 5.32 Å². The summed E-state index contributed by atoms with van der Waals surface area (Å²) in [6.07, 6.45) is 0.652. The molecule has 0 atom stereocenters. The number of carbonyl (C=O) groups excluding carboxylic acids is 1. The summed E-state index contributed by atoms with van der Waals surface area (Å²) < 4.78 is 5.26. The van der Waals surface area contributed by atoms with Crippen LogP contribution in [0.15, 0.2) is 53.4 Å². The van der Waals surface area contributed by atoms with Gasteiger partial charge in [0, 0.05) is 17.2 Å². The van der Waals surface area contributed by atoms with Gasteiger partial charge in [-0.05, 0) is 62.9 Å². The average molecular weight is 358 g/mol. The van der Waals surface area contributed by atoms with Crippen molar-refractivity contribution >= 4 is 17.9 Å². The predicted octanol–water partition coefficient (Wildman–Crippen LogP) is 5.35. The second-order valence-corrected chi connectivity index (χ2v) is 8.20. The van der Waals surface area contributed by atoms with Crippen LogP contribution in [0.4, 0.5) is 4.79 Å². The van der Waals surface area contributed by atoms with Crippen molar-refractivity contribution in [3.8, 4) is 0 Å². The number of aryl methyl sites for hydroxylation is 2. The Morgan fingerprint density at radius 2 is 1.84 bits per heavy atom. The molecule has 0 unspecified atom stereocenters. The van der Waals surface area contributed by atoms with Crippen LogP contribution >= 0.6 is 11.8 Å². The molecule has 3 nitrogen and oxygen atoms in total. The largest absolute Gasteiger partial charge is 0.444 e. The number of thioether (sulfide) groups is 1. The quantitative estimate of drug-likeness (QED) is 0.708. The van der Waals surface area contributed by atoms with E-state index in [4.69, 9.17) is 4.74 Å². The van der Waals surface area contributed by atoms with Gasteiger partial charge in [0.1, 0.15) is 5.60 Å². The Labute approximate surface area is 155 Å². The molecular weight excluding hydrogens is 330 g/mol. The zero-order valence-corrected chi connectivity index (χ0v) is 16.3. The Balaban J connectivity index is 1.82. The summed E-state index contributed by atoms with van der Waals surface area (Å²) in [5.74, 6) is 1.06. The zero-order valence-electron chi connectivity index (χ0n) is 15.5. The van der Waals surface area contributed by atoms with E-state index in [-0.39, 0.29) is 6.09 Å². The third-order valence-electron chi connectivity index (χ3n) is 3.63. The minimum Gasteiger partial charge on any atom is -0.444 e. The van der Waals surface area contributed by atoms with Crippen LogP contribution in [0.25, 0.3) is 0 Å². The molecule has 2 rings (SSSR count). The van der Waals surface area contributed by atoms with Crippen molar-refractivity contribution in [2.45, 2.75) is 51.2 Å². The van der Waals surface area contributed by atoms with E-state index < -0.39 is 5.60 Å². The number of ether oxygens (including phenoxy) is 1. The molecule has 1 N–H and O–H groups in total. The fraction of sp³-hybridized carbons (Fsp3) is 0.381. The lowest BCUT2D eigenvalue weighted by atomic mass is 10.0. The lowest BCUT2D eigenvalue weighted by molar-refractivity contribution is 0.0523. The molecule has 0 bridgehead atoms. The maximum atomic E-state index is 11.7. The second-order valence-electron chi connectivity index (χ2n) is 7.03.